The van der Waals surface area contributed by atoms with E-state index in [0.717, 1.165) is 0 Å². The lowest BCUT2D eigenvalue weighted by Gasteiger charge is -1.79. The van der Waals surface area contributed by atoms with Crippen molar-refractivity contribution in [1.82, 2.24) is 0 Å². The lowest BCUT2D eigenvalue weighted by molar-refractivity contribution is -0.140. The molecule has 0 saturated heterocycles. The van der Waals surface area contributed by atoms with Crippen molar-refractivity contribution < 1.29 is 15.0 Å². The molecule has 0 fully saturated rings. The molecule has 12 heavy (non-hydrogen) atoms. The SMILES string of the molecule is Cc1ccsc1C.O=C(O)CO. The van der Waals surface area contributed by atoms with Crippen LogP contribution in [0.4, 0.5) is 0 Å². The van der Waals surface area contributed by atoms with Crippen molar-refractivity contribution >= 4 is 17.3 Å². The van der Waals surface area contributed by atoms with Gasteiger partial charge >= 0.3 is 5.97 Å². The van der Waals surface area contributed by atoms with Gasteiger partial charge in [-0.15, -0.1) is 11.3 Å². The molecule has 0 amide bonds. The Hall–Kier alpha value is -0.870. The molecule has 0 aliphatic carbocycles. The van der Waals surface area contributed by atoms with E-state index in [9.17, 15) is 0 Å². The molecule has 0 saturated carbocycles. The predicted molar refractivity (Wildman–Crippen MR) is 48.5 cm³/mol. The second-order valence-corrected chi connectivity index (χ2v) is 3.33. The van der Waals surface area contributed by atoms with Crippen LogP contribution in [0.5, 0.6) is 0 Å². The molecule has 1 rings (SSSR count). The van der Waals surface area contributed by atoms with Crippen molar-refractivity contribution in [3.05, 3.63) is 21.9 Å². The monoisotopic (exact) mass is 188 g/mol. The highest BCUT2D eigenvalue weighted by molar-refractivity contribution is 7.10. The number of hydrogen-bond donors (Lipinski definition) is 2. The summed E-state index contributed by atoms with van der Waals surface area (Å²) in [7, 11) is 0. The summed E-state index contributed by atoms with van der Waals surface area (Å²) in [5.74, 6) is -1.19. The van der Waals surface area contributed by atoms with Crippen LogP contribution in [-0.2, 0) is 4.79 Å². The molecule has 1 heterocycles. The Kier molecular flexibility index (Phi) is 5.32. The highest BCUT2D eigenvalue weighted by Gasteiger charge is 1.87. The van der Waals surface area contributed by atoms with E-state index >= 15 is 0 Å². The standard InChI is InChI=1S/C6H8S.C2H4O3/c1-5-3-4-7-6(5)2;3-1-2(4)5/h3-4H,1-2H3;3H,1H2,(H,4,5). The van der Waals surface area contributed by atoms with Crippen LogP contribution in [0.25, 0.3) is 0 Å². The molecule has 1 aromatic heterocycles. The number of aliphatic hydroxyl groups is 1. The normalized spacial score (nSPS) is 8.58. The molecular weight excluding hydrogens is 176 g/mol. The van der Waals surface area contributed by atoms with Gasteiger partial charge in [-0.2, -0.15) is 0 Å². The first-order chi connectivity index (χ1) is 5.57. The van der Waals surface area contributed by atoms with Gasteiger partial charge in [0.25, 0.3) is 0 Å². The fourth-order valence-electron chi connectivity index (χ4n) is 0.448. The highest BCUT2D eigenvalue weighted by atomic mass is 32.1. The predicted octanol–water partition coefficient (Wildman–Crippen LogP) is 1.43. The van der Waals surface area contributed by atoms with Gasteiger partial charge in [0.15, 0.2) is 0 Å². The third-order valence-corrected chi connectivity index (χ3v) is 2.20. The van der Waals surface area contributed by atoms with Crippen LogP contribution in [0.3, 0.4) is 0 Å². The van der Waals surface area contributed by atoms with Crippen molar-refractivity contribution in [3.8, 4) is 0 Å². The molecule has 1 aromatic rings. The fourth-order valence-corrected chi connectivity index (χ4v) is 1.18. The Balaban J connectivity index is 0.000000217. The third-order valence-electron chi connectivity index (χ3n) is 1.25. The number of carboxylic acids is 1. The average molecular weight is 188 g/mol. The van der Waals surface area contributed by atoms with Gasteiger partial charge in [-0.1, -0.05) is 0 Å². The van der Waals surface area contributed by atoms with Crippen LogP contribution < -0.4 is 0 Å². The zero-order chi connectivity index (χ0) is 9.56. The average Bonchev–Trinajstić information content (AvgIpc) is 2.37. The summed E-state index contributed by atoms with van der Waals surface area (Å²) in [4.78, 5) is 10.5. The van der Waals surface area contributed by atoms with E-state index in [2.05, 4.69) is 25.3 Å². The van der Waals surface area contributed by atoms with Crippen LogP contribution in [0.2, 0.25) is 0 Å². The van der Waals surface area contributed by atoms with Crippen LogP contribution in [-0.4, -0.2) is 22.8 Å². The molecule has 0 aliphatic heterocycles. The summed E-state index contributed by atoms with van der Waals surface area (Å²) in [6.07, 6.45) is 0. The number of rotatable bonds is 1. The van der Waals surface area contributed by atoms with Crippen molar-refractivity contribution in [3.63, 3.8) is 0 Å². The van der Waals surface area contributed by atoms with E-state index in [-0.39, 0.29) is 0 Å². The quantitative estimate of drug-likeness (QED) is 0.701. The largest absolute Gasteiger partial charge is 0.480 e. The van der Waals surface area contributed by atoms with Gasteiger partial charge in [0.1, 0.15) is 6.61 Å². The highest BCUT2D eigenvalue weighted by Crippen LogP contribution is 2.12. The van der Waals surface area contributed by atoms with Gasteiger partial charge < -0.3 is 10.2 Å². The van der Waals surface area contributed by atoms with Gasteiger partial charge in [0.05, 0.1) is 0 Å². The molecule has 3 nitrogen and oxygen atoms in total. The summed E-state index contributed by atoms with van der Waals surface area (Å²) in [5.41, 5.74) is 1.41. The Labute approximate surface area is 75.3 Å². The number of aliphatic carboxylic acids is 1. The van der Waals surface area contributed by atoms with Crippen LogP contribution >= 0.6 is 11.3 Å². The summed E-state index contributed by atoms with van der Waals surface area (Å²) >= 11 is 1.80. The minimum absolute atomic E-state index is 0.778. The third kappa shape index (κ3) is 4.87. The van der Waals surface area contributed by atoms with Crippen LogP contribution in [0.15, 0.2) is 11.4 Å². The maximum atomic E-state index is 9.12. The molecule has 4 heteroatoms. The van der Waals surface area contributed by atoms with E-state index in [1.165, 1.54) is 10.4 Å². The molecule has 0 radical (unpaired) electrons. The van der Waals surface area contributed by atoms with E-state index in [4.69, 9.17) is 15.0 Å². The second kappa shape index (κ2) is 5.74. The number of aliphatic hydroxyl groups excluding tert-OH is 1. The Bertz CT molecular complexity index is 226. The number of carboxylic acid groups (broad SMARTS) is 1. The summed E-state index contributed by atoms with van der Waals surface area (Å²) < 4.78 is 0. The van der Waals surface area contributed by atoms with Gasteiger partial charge in [-0.25, -0.2) is 4.79 Å². The maximum Gasteiger partial charge on any atom is 0.329 e. The van der Waals surface area contributed by atoms with Gasteiger partial charge in [-0.3, -0.25) is 0 Å². The first-order valence-electron chi connectivity index (χ1n) is 3.41. The van der Waals surface area contributed by atoms with E-state index < -0.39 is 12.6 Å². The van der Waals surface area contributed by atoms with Crippen molar-refractivity contribution in [2.45, 2.75) is 13.8 Å². The van der Waals surface area contributed by atoms with E-state index in [1.54, 1.807) is 11.3 Å². The van der Waals surface area contributed by atoms with E-state index in [1.807, 2.05) is 0 Å². The first-order valence-corrected chi connectivity index (χ1v) is 4.29. The Morgan fingerprint density at radius 3 is 2.17 bits per heavy atom. The molecule has 0 aromatic carbocycles. The topological polar surface area (TPSA) is 57.5 Å². The fraction of sp³-hybridized carbons (Fsp3) is 0.375. The van der Waals surface area contributed by atoms with E-state index in [0.29, 0.717) is 0 Å². The lowest BCUT2D eigenvalue weighted by Crippen LogP contribution is -1.98. The second-order valence-electron chi connectivity index (χ2n) is 2.21. The molecule has 0 unspecified atom stereocenters. The molecule has 0 atom stereocenters. The number of hydrogen-bond acceptors (Lipinski definition) is 3. The maximum absolute atomic E-state index is 9.12. The smallest absolute Gasteiger partial charge is 0.329 e. The van der Waals surface area contributed by atoms with Gasteiger partial charge in [0, 0.05) is 4.88 Å². The zero-order valence-corrected chi connectivity index (χ0v) is 7.89. The summed E-state index contributed by atoms with van der Waals surface area (Å²) in [5, 5.41) is 17.1. The Morgan fingerprint density at radius 1 is 1.58 bits per heavy atom. The molecule has 68 valence electrons. The number of thiophene rings is 1. The molecule has 0 spiro atoms. The molecule has 0 bridgehead atoms. The number of carbonyl (C=O) groups is 1. The van der Waals surface area contributed by atoms with Gasteiger partial charge in [0.2, 0.25) is 0 Å². The minimum atomic E-state index is -1.19. The lowest BCUT2D eigenvalue weighted by atomic mass is 10.3. The van der Waals surface area contributed by atoms with Gasteiger partial charge in [-0.05, 0) is 30.9 Å². The first kappa shape index (κ1) is 11.1. The number of aryl methyl sites for hydroxylation is 2. The van der Waals surface area contributed by atoms with Crippen LogP contribution in [0.1, 0.15) is 10.4 Å². The zero-order valence-electron chi connectivity index (χ0n) is 7.07. The summed E-state index contributed by atoms with van der Waals surface area (Å²) in [6, 6.07) is 2.14. The van der Waals surface area contributed by atoms with Crippen molar-refractivity contribution in [1.29, 1.82) is 0 Å². The molecule has 0 aliphatic rings. The minimum Gasteiger partial charge on any atom is -0.480 e. The van der Waals surface area contributed by atoms with Crippen molar-refractivity contribution in [2.24, 2.45) is 0 Å². The van der Waals surface area contributed by atoms with Crippen LogP contribution in [0, 0.1) is 13.8 Å². The molecular formula is C8H12O3S. The molecule has 2 N–H and O–H groups in total. The Morgan fingerprint density at radius 2 is 2.08 bits per heavy atom. The summed E-state index contributed by atoms with van der Waals surface area (Å²) in [6.45, 7) is 3.49. The van der Waals surface area contributed by atoms with Crippen molar-refractivity contribution in [2.75, 3.05) is 6.61 Å².